The lowest BCUT2D eigenvalue weighted by Gasteiger charge is -2.17. The summed E-state index contributed by atoms with van der Waals surface area (Å²) in [7, 11) is -2.10. The number of rotatable bonds is 4. The minimum Gasteiger partial charge on any atom is -0.396 e. The fourth-order valence-corrected chi connectivity index (χ4v) is 3.11. The molecule has 1 saturated carbocycles. The molecule has 0 radical (unpaired) electrons. The molecule has 6 nitrogen and oxygen atoms in total. The van der Waals surface area contributed by atoms with Crippen LogP contribution in [0.4, 0.5) is 11.4 Å². The number of hydrogen-bond donors (Lipinski definition) is 3. The first-order valence-corrected chi connectivity index (χ1v) is 7.67. The van der Waals surface area contributed by atoms with E-state index in [1.54, 1.807) is 19.2 Å². The zero-order valence-electron chi connectivity index (χ0n) is 10.8. The second-order valence-corrected chi connectivity index (χ2v) is 6.30. The second kappa shape index (κ2) is 5.36. The molecule has 0 heterocycles. The maximum atomic E-state index is 11.4. The Bertz CT molecular complexity index is 559. The number of nitrogen functional groups attached to an aromatic ring is 1. The van der Waals surface area contributed by atoms with Gasteiger partial charge in [-0.2, -0.15) is 0 Å². The molecule has 2 atom stereocenters. The summed E-state index contributed by atoms with van der Waals surface area (Å²) in [4.78, 5) is -0.0428. The van der Waals surface area contributed by atoms with Crippen LogP contribution < -0.4 is 16.2 Å². The molecule has 2 rings (SSSR count). The van der Waals surface area contributed by atoms with Crippen LogP contribution in [-0.4, -0.2) is 27.7 Å². The van der Waals surface area contributed by atoms with Crippen molar-refractivity contribution in [1.29, 1.82) is 0 Å². The van der Waals surface area contributed by atoms with E-state index >= 15 is 0 Å². The van der Waals surface area contributed by atoms with Crippen molar-refractivity contribution in [3.8, 4) is 0 Å². The molecule has 1 aliphatic rings. The maximum absolute atomic E-state index is 11.4. The molecule has 0 aliphatic heterocycles. The summed E-state index contributed by atoms with van der Waals surface area (Å²) >= 11 is 0. The second-order valence-electron chi connectivity index (χ2n) is 4.77. The lowest BCUT2D eigenvalue weighted by Crippen LogP contribution is -2.20. The monoisotopic (exact) mass is 285 g/mol. The van der Waals surface area contributed by atoms with E-state index in [2.05, 4.69) is 5.32 Å². The highest BCUT2D eigenvalue weighted by molar-refractivity contribution is 7.89. The van der Waals surface area contributed by atoms with Crippen LogP contribution in [0.1, 0.15) is 19.3 Å². The standard InChI is InChI=1S/C12H19N3O3S/c1-18-9-6-5-8(7-9)15-10-3-2-4-11(12(10)13)19(14,16)17/h2-4,8-9,15H,5-7,13H2,1H3,(H2,14,16,17). The Labute approximate surface area is 113 Å². The van der Waals surface area contributed by atoms with E-state index in [0.717, 1.165) is 19.3 Å². The van der Waals surface area contributed by atoms with E-state index < -0.39 is 10.0 Å². The van der Waals surface area contributed by atoms with Gasteiger partial charge in [0.25, 0.3) is 0 Å². The van der Waals surface area contributed by atoms with Crippen LogP contribution in [-0.2, 0) is 14.8 Å². The number of ether oxygens (including phenoxy) is 1. The lowest BCUT2D eigenvalue weighted by molar-refractivity contribution is 0.108. The van der Waals surface area contributed by atoms with Crippen molar-refractivity contribution in [2.75, 3.05) is 18.2 Å². The summed E-state index contributed by atoms with van der Waals surface area (Å²) in [6, 6.07) is 5.02. The average Bonchev–Trinajstić information content (AvgIpc) is 2.78. The Balaban J connectivity index is 2.18. The first-order chi connectivity index (χ1) is 8.91. The number of sulfonamides is 1. The van der Waals surface area contributed by atoms with Crippen LogP contribution in [0.25, 0.3) is 0 Å². The van der Waals surface area contributed by atoms with E-state index in [4.69, 9.17) is 15.6 Å². The molecule has 5 N–H and O–H groups in total. The Morgan fingerprint density at radius 1 is 1.37 bits per heavy atom. The number of primary sulfonamides is 1. The Kier molecular flexibility index (Phi) is 3.98. The zero-order valence-corrected chi connectivity index (χ0v) is 11.6. The van der Waals surface area contributed by atoms with Gasteiger partial charge in [-0.1, -0.05) is 6.07 Å². The number of anilines is 2. The van der Waals surface area contributed by atoms with Crippen LogP contribution in [0.2, 0.25) is 0 Å². The van der Waals surface area contributed by atoms with Gasteiger partial charge < -0.3 is 15.8 Å². The molecule has 0 bridgehead atoms. The minimum atomic E-state index is -3.79. The van der Waals surface area contributed by atoms with Crippen molar-refractivity contribution in [2.45, 2.75) is 36.3 Å². The summed E-state index contributed by atoms with van der Waals surface area (Å²) in [5.74, 6) is 0. The Morgan fingerprint density at radius 2 is 2.11 bits per heavy atom. The summed E-state index contributed by atoms with van der Waals surface area (Å²) in [5.41, 5.74) is 6.64. The fraction of sp³-hybridized carbons (Fsp3) is 0.500. The van der Waals surface area contributed by atoms with Crippen LogP contribution >= 0.6 is 0 Å². The molecule has 0 spiro atoms. The molecule has 0 saturated heterocycles. The van der Waals surface area contributed by atoms with Gasteiger partial charge in [0.15, 0.2) is 0 Å². The zero-order chi connectivity index (χ0) is 14.0. The van der Waals surface area contributed by atoms with E-state index in [1.807, 2.05) is 0 Å². The lowest BCUT2D eigenvalue weighted by atomic mass is 10.2. The van der Waals surface area contributed by atoms with E-state index in [1.165, 1.54) is 6.07 Å². The summed E-state index contributed by atoms with van der Waals surface area (Å²) < 4.78 is 28.1. The van der Waals surface area contributed by atoms with Gasteiger partial charge in [-0.3, -0.25) is 0 Å². The van der Waals surface area contributed by atoms with E-state index in [-0.39, 0.29) is 22.7 Å². The normalized spacial score (nSPS) is 23.5. The molecular weight excluding hydrogens is 266 g/mol. The third-order valence-corrected chi connectivity index (χ3v) is 4.42. The number of hydrogen-bond acceptors (Lipinski definition) is 5. The van der Waals surface area contributed by atoms with Crippen LogP contribution in [0.15, 0.2) is 23.1 Å². The molecule has 19 heavy (non-hydrogen) atoms. The summed E-state index contributed by atoms with van der Waals surface area (Å²) in [5, 5.41) is 8.38. The highest BCUT2D eigenvalue weighted by Gasteiger charge is 2.25. The van der Waals surface area contributed by atoms with Gasteiger partial charge in [-0.15, -0.1) is 0 Å². The summed E-state index contributed by atoms with van der Waals surface area (Å²) in [6.07, 6.45) is 3.09. The fourth-order valence-electron chi connectivity index (χ4n) is 2.42. The third kappa shape index (κ3) is 3.17. The third-order valence-electron chi connectivity index (χ3n) is 3.45. The van der Waals surface area contributed by atoms with Gasteiger partial charge in [0, 0.05) is 13.2 Å². The van der Waals surface area contributed by atoms with Gasteiger partial charge in [0.1, 0.15) is 4.90 Å². The van der Waals surface area contributed by atoms with Crippen molar-refractivity contribution in [3.05, 3.63) is 18.2 Å². The number of benzene rings is 1. The van der Waals surface area contributed by atoms with Crippen molar-refractivity contribution in [1.82, 2.24) is 0 Å². The molecule has 2 unspecified atom stereocenters. The SMILES string of the molecule is COC1CCC(Nc2cccc(S(N)(=O)=O)c2N)C1. The van der Waals surface area contributed by atoms with Crippen molar-refractivity contribution < 1.29 is 13.2 Å². The van der Waals surface area contributed by atoms with E-state index in [0.29, 0.717) is 5.69 Å². The molecule has 1 aromatic carbocycles. The number of nitrogens with two attached hydrogens (primary N) is 2. The Hall–Kier alpha value is -1.31. The van der Waals surface area contributed by atoms with Crippen LogP contribution in [0.3, 0.4) is 0 Å². The van der Waals surface area contributed by atoms with Crippen LogP contribution in [0, 0.1) is 0 Å². The van der Waals surface area contributed by atoms with Crippen molar-refractivity contribution >= 4 is 21.4 Å². The molecule has 106 valence electrons. The topological polar surface area (TPSA) is 107 Å². The highest BCUT2D eigenvalue weighted by atomic mass is 32.2. The summed E-state index contributed by atoms with van der Waals surface area (Å²) in [6.45, 7) is 0. The predicted octanol–water partition coefficient (Wildman–Crippen LogP) is 0.896. The van der Waals surface area contributed by atoms with Gasteiger partial charge in [0.2, 0.25) is 10.0 Å². The maximum Gasteiger partial charge on any atom is 0.240 e. The largest absolute Gasteiger partial charge is 0.396 e. The highest BCUT2D eigenvalue weighted by Crippen LogP contribution is 2.30. The van der Waals surface area contributed by atoms with Gasteiger partial charge in [-0.05, 0) is 31.4 Å². The van der Waals surface area contributed by atoms with Gasteiger partial charge in [0.05, 0.1) is 17.5 Å². The van der Waals surface area contributed by atoms with Gasteiger partial charge >= 0.3 is 0 Å². The molecule has 1 aromatic rings. The quantitative estimate of drug-likeness (QED) is 0.712. The average molecular weight is 285 g/mol. The number of para-hydroxylation sites is 1. The molecule has 0 amide bonds. The predicted molar refractivity (Wildman–Crippen MR) is 74.3 cm³/mol. The van der Waals surface area contributed by atoms with Gasteiger partial charge in [-0.25, -0.2) is 13.6 Å². The molecule has 1 aliphatic carbocycles. The molecule has 0 aromatic heterocycles. The molecule has 1 fully saturated rings. The van der Waals surface area contributed by atoms with Crippen molar-refractivity contribution in [2.24, 2.45) is 5.14 Å². The van der Waals surface area contributed by atoms with E-state index in [9.17, 15) is 8.42 Å². The molecular formula is C12H19N3O3S. The van der Waals surface area contributed by atoms with Crippen LogP contribution in [0.5, 0.6) is 0 Å². The smallest absolute Gasteiger partial charge is 0.240 e. The van der Waals surface area contributed by atoms with Crippen molar-refractivity contribution in [3.63, 3.8) is 0 Å². The number of methoxy groups -OCH3 is 1. The minimum absolute atomic E-state index is 0.0428. The molecule has 7 heteroatoms. The first-order valence-electron chi connectivity index (χ1n) is 6.12. The Morgan fingerprint density at radius 3 is 2.68 bits per heavy atom. The number of nitrogens with one attached hydrogen (secondary N) is 1. The first kappa shape index (κ1) is 14.1.